The van der Waals surface area contributed by atoms with Crippen LogP contribution in [0.25, 0.3) is 0 Å². The van der Waals surface area contributed by atoms with Crippen LogP contribution in [0, 0.1) is 0 Å². The minimum absolute atomic E-state index is 0.0627. The molecule has 1 aromatic carbocycles. The van der Waals surface area contributed by atoms with Crippen molar-refractivity contribution >= 4 is 11.7 Å². The van der Waals surface area contributed by atoms with Crippen LogP contribution in [0.3, 0.4) is 0 Å². The molecule has 0 unspecified atom stereocenters. The second-order valence-corrected chi connectivity index (χ2v) is 5.19. The lowest BCUT2D eigenvalue weighted by Gasteiger charge is -2.06. The Bertz CT molecular complexity index is 423. The van der Waals surface area contributed by atoms with Crippen molar-refractivity contribution in [3.8, 4) is 0 Å². The van der Waals surface area contributed by atoms with Gasteiger partial charge in [0.2, 0.25) is 5.91 Å². The monoisotopic (exact) mass is 275 g/mol. The lowest BCUT2D eigenvalue weighted by atomic mass is 10.1. The van der Waals surface area contributed by atoms with Gasteiger partial charge in [-0.2, -0.15) is 0 Å². The summed E-state index contributed by atoms with van der Waals surface area (Å²) in [6.07, 6.45) is 6.40. The summed E-state index contributed by atoms with van der Waals surface area (Å²) in [6.45, 7) is 4.27. The van der Waals surface area contributed by atoms with E-state index in [-0.39, 0.29) is 11.7 Å². The van der Waals surface area contributed by atoms with Crippen molar-refractivity contribution in [3.63, 3.8) is 0 Å². The molecule has 1 N–H and O–H groups in total. The van der Waals surface area contributed by atoms with Crippen LogP contribution < -0.4 is 5.32 Å². The zero-order chi connectivity index (χ0) is 14.8. The van der Waals surface area contributed by atoms with Gasteiger partial charge in [0.25, 0.3) is 0 Å². The van der Waals surface area contributed by atoms with Gasteiger partial charge in [0.15, 0.2) is 5.78 Å². The molecule has 20 heavy (non-hydrogen) atoms. The minimum atomic E-state index is 0.0627. The third-order valence-corrected chi connectivity index (χ3v) is 3.36. The Kier molecular flexibility index (Phi) is 7.63. The second kappa shape index (κ2) is 9.29. The minimum Gasteiger partial charge on any atom is -0.352 e. The maximum absolute atomic E-state index is 11.7. The second-order valence-electron chi connectivity index (χ2n) is 5.19. The molecule has 0 fully saturated rings. The predicted molar refractivity (Wildman–Crippen MR) is 81.7 cm³/mol. The van der Waals surface area contributed by atoms with E-state index in [0.717, 1.165) is 18.4 Å². The summed E-state index contributed by atoms with van der Waals surface area (Å²) in [5.41, 5.74) is 1.73. The van der Waals surface area contributed by atoms with Gasteiger partial charge < -0.3 is 5.32 Å². The van der Waals surface area contributed by atoms with Gasteiger partial charge in [-0.25, -0.2) is 0 Å². The maximum atomic E-state index is 11.7. The SMILES string of the molecule is CCCCCCCC(=O)NCc1ccc(C(C)=O)cc1. The molecule has 0 bridgehead atoms. The molecular formula is C17H25NO2. The standard InChI is InChI=1S/C17H25NO2/c1-3-4-5-6-7-8-17(20)18-13-15-9-11-16(12-10-15)14(2)19/h9-12H,3-8,13H2,1-2H3,(H,18,20). The van der Waals surface area contributed by atoms with Crippen molar-refractivity contribution in [1.29, 1.82) is 0 Å². The van der Waals surface area contributed by atoms with Crippen molar-refractivity contribution in [2.75, 3.05) is 0 Å². The number of carbonyl (C=O) groups excluding carboxylic acids is 2. The number of unbranched alkanes of at least 4 members (excludes halogenated alkanes) is 4. The Morgan fingerprint density at radius 3 is 2.25 bits per heavy atom. The van der Waals surface area contributed by atoms with Gasteiger partial charge in [-0.1, -0.05) is 56.9 Å². The molecule has 0 saturated carbocycles. The highest BCUT2D eigenvalue weighted by Gasteiger charge is 2.02. The van der Waals surface area contributed by atoms with E-state index >= 15 is 0 Å². The number of benzene rings is 1. The van der Waals surface area contributed by atoms with Crippen molar-refractivity contribution in [1.82, 2.24) is 5.32 Å². The third kappa shape index (κ3) is 6.50. The van der Waals surface area contributed by atoms with E-state index in [1.165, 1.54) is 19.3 Å². The molecule has 1 amide bonds. The molecule has 0 atom stereocenters. The van der Waals surface area contributed by atoms with E-state index in [9.17, 15) is 9.59 Å². The number of carbonyl (C=O) groups is 2. The van der Waals surface area contributed by atoms with Crippen LogP contribution in [0.1, 0.15) is 68.3 Å². The molecule has 3 nitrogen and oxygen atoms in total. The molecule has 0 heterocycles. The molecule has 3 heteroatoms. The normalized spacial score (nSPS) is 10.3. The Balaban J connectivity index is 2.22. The lowest BCUT2D eigenvalue weighted by Crippen LogP contribution is -2.22. The maximum Gasteiger partial charge on any atom is 0.220 e. The fourth-order valence-electron chi connectivity index (χ4n) is 2.04. The summed E-state index contributed by atoms with van der Waals surface area (Å²) in [7, 11) is 0. The van der Waals surface area contributed by atoms with Gasteiger partial charge in [-0.05, 0) is 18.9 Å². The summed E-state index contributed by atoms with van der Waals surface area (Å²) in [5.74, 6) is 0.171. The molecule has 0 aliphatic carbocycles. The molecule has 0 radical (unpaired) electrons. The number of ketones is 1. The highest BCUT2D eigenvalue weighted by atomic mass is 16.1. The molecule has 0 saturated heterocycles. The quantitative estimate of drug-likeness (QED) is 0.549. The van der Waals surface area contributed by atoms with Gasteiger partial charge in [-0.15, -0.1) is 0 Å². The summed E-state index contributed by atoms with van der Waals surface area (Å²) in [4.78, 5) is 22.8. The van der Waals surface area contributed by atoms with E-state index in [1.54, 1.807) is 19.1 Å². The number of Topliss-reactive ketones (excluding diaryl/α,β-unsaturated/α-hetero) is 1. The number of hydrogen-bond acceptors (Lipinski definition) is 2. The fraction of sp³-hybridized carbons (Fsp3) is 0.529. The van der Waals surface area contributed by atoms with Crippen LogP contribution in [0.2, 0.25) is 0 Å². The first kappa shape index (κ1) is 16.4. The number of nitrogens with one attached hydrogen (secondary N) is 1. The molecule has 0 spiro atoms. The van der Waals surface area contributed by atoms with E-state index in [1.807, 2.05) is 12.1 Å². The topological polar surface area (TPSA) is 46.2 Å². The lowest BCUT2D eigenvalue weighted by molar-refractivity contribution is -0.121. The largest absolute Gasteiger partial charge is 0.352 e. The number of amides is 1. The summed E-state index contributed by atoms with van der Waals surface area (Å²) < 4.78 is 0. The molecule has 110 valence electrons. The van der Waals surface area contributed by atoms with Crippen LogP contribution in [0.5, 0.6) is 0 Å². The van der Waals surface area contributed by atoms with E-state index < -0.39 is 0 Å². The molecule has 1 rings (SSSR count). The number of rotatable bonds is 9. The Morgan fingerprint density at radius 2 is 1.65 bits per heavy atom. The average Bonchev–Trinajstić information content (AvgIpc) is 2.45. The average molecular weight is 275 g/mol. The van der Waals surface area contributed by atoms with Gasteiger partial charge in [0.1, 0.15) is 0 Å². The first-order valence-corrected chi connectivity index (χ1v) is 7.50. The Hall–Kier alpha value is -1.64. The highest BCUT2D eigenvalue weighted by molar-refractivity contribution is 5.94. The van der Waals surface area contributed by atoms with E-state index in [2.05, 4.69) is 12.2 Å². The van der Waals surface area contributed by atoms with Crippen LogP contribution in [0.15, 0.2) is 24.3 Å². The molecule has 0 aliphatic rings. The van der Waals surface area contributed by atoms with Crippen molar-refractivity contribution in [2.24, 2.45) is 0 Å². The zero-order valence-corrected chi connectivity index (χ0v) is 12.6. The zero-order valence-electron chi connectivity index (χ0n) is 12.6. The van der Waals surface area contributed by atoms with Gasteiger partial charge in [-0.3, -0.25) is 9.59 Å². The van der Waals surface area contributed by atoms with Gasteiger partial charge in [0, 0.05) is 18.5 Å². The Morgan fingerprint density at radius 1 is 1.00 bits per heavy atom. The number of hydrogen-bond donors (Lipinski definition) is 1. The van der Waals surface area contributed by atoms with Crippen molar-refractivity contribution in [3.05, 3.63) is 35.4 Å². The van der Waals surface area contributed by atoms with Gasteiger partial charge in [0.05, 0.1) is 0 Å². The first-order valence-electron chi connectivity index (χ1n) is 7.50. The summed E-state index contributed by atoms with van der Waals surface area (Å²) >= 11 is 0. The highest BCUT2D eigenvalue weighted by Crippen LogP contribution is 2.07. The van der Waals surface area contributed by atoms with Crippen LogP contribution in [-0.4, -0.2) is 11.7 Å². The van der Waals surface area contributed by atoms with E-state index in [4.69, 9.17) is 0 Å². The van der Waals surface area contributed by atoms with Crippen LogP contribution in [0.4, 0.5) is 0 Å². The fourth-order valence-corrected chi connectivity index (χ4v) is 2.04. The van der Waals surface area contributed by atoms with E-state index in [0.29, 0.717) is 18.5 Å². The molecule has 0 aliphatic heterocycles. The molecular weight excluding hydrogens is 250 g/mol. The molecule has 1 aromatic rings. The Labute approximate surface area is 121 Å². The van der Waals surface area contributed by atoms with Crippen LogP contribution >= 0.6 is 0 Å². The summed E-state index contributed by atoms with van der Waals surface area (Å²) in [6, 6.07) is 7.37. The first-order chi connectivity index (χ1) is 9.63. The van der Waals surface area contributed by atoms with Crippen LogP contribution in [-0.2, 0) is 11.3 Å². The third-order valence-electron chi connectivity index (χ3n) is 3.36. The predicted octanol–water partition coefficient (Wildman–Crippen LogP) is 3.87. The van der Waals surface area contributed by atoms with Crippen molar-refractivity contribution < 1.29 is 9.59 Å². The smallest absolute Gasteiger partial charge is 0.220 e. The van der Waals surface area contributed by atoms with Crippen molar-refractivity contribution in [2.45, 2.75) is 58.9 Å². The van der Waals surface area contributed by atoms with Gasteiger partial charge >= 0.3 is 0 Å². The molecule has 0 aromatic heterocycles. The summed E-state index contributed by atoms with van der Waals surface area (Å²) in [5, 5.41) is 2.91.